The number of Topliss-reactive ketones (excluding diaryl/α,β-unsaturated/α-hetero) is 1. The Kier molecular flexibility index (Phi) is 2.25. The average molecular weight is 191 g/mol. The maximum absolute atomic E-state index is 11.2. The third kappa shape index (κ3) is 1.51. The van der Waals surface area contributed by atoms with Gasteiger partial charge in [-0.3, -0.25) is 9.78 Å². The number of hydrogen-bond donors (Lipinski definition) is 1. The lowest BCUT2D eigenvalue weighted by Crippen LogP contribution is -2.28. The van der Waals surface area contributed by atoms with E-state index in [1.807, 2.05) is 0 Å². The fraction of sp³-hybridized carbons (Fsp3) is 0.333. The van der Waals surface area contributed by atoms with E-state index in [0.717, 1.165) is 5.69 Å². The summed E-state index contributed by atoms with van der Waals surface area (Å²) in [6.45, 7) is 1.47. The van der Waals surface area contributed by atoms with E-state index < -0.39 is 7.12 Å². The van der Waals surface area contributed by atoms with E-state index in [1.165, 1.54) is 6.92 Å². The molecule has 2 rings (SSSR count). The topological polar surface area (TPSA) is 59.4 Å². The molecule has 0 amide bonds. The summed E-state index contributed by atoms with van der Waals surface area (Å²) in [6.07, 6.45) is 2.77. The smallest absolute Gasteiger partial charge is 0.523 e. The Bertz CT molecular complexity index is 380. The zero-order chi connectivity index (χ0) is 10.1. The van der Waals surface area contributed by atoms with Crippen LogP contribution in [0.25, 0.3) is 0 Å². The minimum Gasteiger partial charge on any atom is -0.534 e. The monoisotopic (exact) mass is 191 g/mol. The molecular weight excluding hydrogens is 181 g/mol. The molecule has 0 fully saturated rings. The largest absolute Gasteiger partial charge is 0.534 e. The Balaban J connectivity index is 2.48. The normalized spacial score (nSPS) is 14.6. The van der Waals surface area contributed by atoms with Gasteiger partial charge in [-0.25, -0.2) is 0 Å². The van der Waals surface area contributed by atoms with Crippen molar-refractivity contribution < 1.29 is 14.5 Å². The van der Waals surface area contributed by atoms with Crippen LogP contribution in [0.1, 0.15) is 23.0 Å². The molecule has 1 aromatic rings. The van der Waals surface area contributed by atoms with Crippen molar-refractivity contribution in [3.05, 3.63) is 23.5 Å². The van der Waals surface area contributed by atoms with Gasteiger partial charge in [0, 0.05) is 12.5 Å². The van der Waals surface area contributed by atoms with E-state index >= 15 is 0 Å². The summed E-state index contributed by atoms with van der Waals surface area (Å²) in [7, 11) is -0.815. The van der Waals surface area contributed by atoms with Gasteiger partial charge in [-0.2, -0.15) is 0 Å². The van der Waals surface area contributed by atoms with Gasteiger partial charge in [0.15, 0.2) is 5.78 Å². The molecule has 0 atom stereocenters. The van der Waals surface area contributed by atoms with E-state index in [2.05, 4.69) is 4.98 Å². The van der Waals surface area contributed by atoms with Crippen LogP contribution in [0.2, 0.25) is 6.32 Å². The summed E-state index contributed by atoms with van der Waals surface area (Å²) >= 11 is 0. The lowest BCUT2D eigenvalue weighted by Gasteiger charge is -2.20. The number of pyridine rings is 1. The molecule has 1 aliphatic heterocycles. The first-order valence-electron chi connectivity index (χ1n) is 4.52. The van der Waals surface area contributed by atoms with Crippen LogP contribution in [0.15, 0.2) is 12.3 Å². The van der Waals surface area contributed by atoms with Gasteiger partial charge in [0.1, 0.15) is 5.75 Å². The van der Waals surface area contributed by atoms with Crippen LogP contribution in [0, 0.1) is 0 Å². The molecule has 0 saturated carbocycles. The number of hydrogen-bond acceptors (Lipinski definition) is 4. The van der Waals surface area contributed by atoms with Crippen molar-refractivity contribution in [2.45, 2.75) is 19.7 Å². The summed E-state index contributed by atoms with van der Waals surface area (Å²) in [5.74, 6) is 0.372. The molecule has 14 heavy (non-hydrogen) atoms. The van der Waals surface area contributed by atoms with E-state index in [9.17, 15) is 9.82 Å². The molecule has 0 spiro atoms. The van der Waals surface area contributed by atoms with E-state index in [0.29, 0.717) is 24.1 Å². The summed E-state index contributed by atoms with van der Waals surface area (Å²) in [5.41, 5.74) is 1.25. The van der Waals surface area contributed by atoms with Crippen LogP contribution in [-0.4, -0.2) is 22.9 Å². The van der Waals surface area contributed by atoms with Crippen molar-refractivity contribution in [2.75, 3.05) is 0 Å². The van der Waals surface area contributed by atoms with E-state index in [4.69, 9.17) is 4.65 Å². The molecule has 0 saturated heterocycles. The minimum absolute atomic E-state index is 0.0715. The molecule has 1 aliphatic rings. The highest BCUT2D eigenvalue weighted by molar-refractivity contribution is 6.44. The number of nitrogens with zero attached hydrogens (tertiary/aromatic N) is 1. The maximum atomic E-state index is 11.2. The Labute approximate surface area is 82.1 Å². The second-order valence-corrected chi connectivity index (χ2v) is 3.30. The third-order valence-electron chi connectivity index (χ3n) is 2.24. The molecule has 0 aromatic carbocycles. The van der Waals surface area contributed by atoms with Gasteiger partial charge in [-0.05, 0) is 19.4 Å². The highest BCUT2D eigenvalue weighted by Gasteiger charge is 2.27. The first kappa shape index (κ1) is 9.21. The fourth-order valence-electron chi connectivity index (χ4n) is 1.53. The molecule has 5 heteroatoms. The Hall–Kier alpha value is -1.36. The number of aryl methyl sites for hydroxylation is 1. The second kappa shape index (κ2) is 3.42. The first-order chi connectivity index (χ1) is 6.68. The van der Waals surface area contributed by atoms with Crippen LogP contribution < -0.4 is 4.65 Å². The summed E-state index contributed by atoms with van der Waals surface area (Å²) in [4.78, 5) is 15.3. The number of ketones is 1. The van der Waals surface area contributed by atoms with Crippen molar-refractivity contribution >= 4 is 12.9 Å². The Morgan fingerprint density at radius 2 is 2.50 bits per heavy atom. The van der Waals surface area contributed by atoms with Crippen molar-refractivity contribution in [1.82, 2.24) is 4.98 Å². The van der Waals surface area contributed by atoms with Gasteiger partial charge >= 0.3 is 7.12 Å². The van der Waals surface area contributed by atoms with Gasteiger partial charge < -0.3 is 9.68 Å². The van der Waals surface area contributed by atoms with Gasteiger partial charge in [0.05, 0.1) is 11.3 Å². The summed E-state index contributed by atoms with van der Waals surface area (Å²) in [5, 5.41) is 9.30. The lowest BCUT2D eigenvalue weighted by atomic mass is 9.79. The fourth-order valence-corrected chi connectivity index (χ4v) is 1.53. The van der Waals surface area contributed by atoms with Gasteiger partial charge in [-0.1, -0.05) is 0 Å². The molecule has 1 N–H and O–H groups in total. The highest BCUT2D eigenvalue weighted by Crippen LogP contribution is 2.28. The van der Waals surface area contributed by atoms with Crippen molar-refractivity contribution in [1.29, 1.82) is 0 Å². The molecule has 4 nitrogen and oxygen atoms in total. The lowest BCUT2D eigenvalue weighted by molar-refractivity contribution is 0.101. The van der Waals surface area contributed by atoms with E-state index in [1.54, 1.807) is 12.3 Å². The van der Waals surface area contributed by atoms with Gasteiger partial charge in [-0.15, -0.1) is 0 Å². The highest BCUT2D eigenvalue weighted by atomic mass is 16.5. The maximum Gasteiger partial charge on any atom is 0.523 e. The molecule has 72 valence electrons. The van der Waals surface area contributed by atoms with Crippen LogP contribution in [0.3, 0.4) is 0 Å². The Morgan fingerprint density at radius 1 is 1.71 bits per heavy atom. The average Bonchev–Trinajstić information content (AvgIpc) is 2.16. The zero-order valence-electron chi connectivity index (χ0n) is 7.86. The van der Waals surface area contributed by atoms with Gasteiger partial charge in [0.25, 0.3) is 0 Å². The molecular formula is C9H10BNO3. The number of rotatable bonds is 1. The first-order valence-corrected chi connectivity index (χ1v) is 4.52. The van der Waals surface area contributed by atoms with Crippen LogP contribution >= 0.6 is 0 Å². The van der Waals surface area contributed by atoms with Crippen LogP contribution in [-0.2, 0) is 6.42 Å². The van der Waals surface area contributed by atoms with Crippen molar-refractivity contribution in [3.63, 3.8) is 0 Å². The third-order valence-corrected chi connectivity index (χ3v) is 2.24. The number of fused-ring (bicyclic) bond motifs is 1. The minimum atomic E-state index is -0.815. The summed E-state index contributed by atoms with van der Waals surface area (Å²) < 4.78 is 5.20. The van der Waals surface area contributed by atoms with Crippen molar-refractivity contribution in [3.8, 4) is 5.75 Å². The molecule has 0 aliphatic carbocycles. The van der Waals surface area contributed by atoms with Crippen LogP contribution in [0.5, 0.6) is 5.75 Å². The van der Waals surface area contributed by atoms with Crippen molar-refractivity contribution in [2.24, 2.45) is 0 Å². The Morgan fingerprint density at radius 3 is 3.21 bits per heavy atom. The quantitative estimate of drug-likeness (QED) is 0.524. The molecule has 2 heterocycles. The second-order valence-electron chi connectivity index (χ2n) is 3.30. The molecule has 1 aromatic heterocycles. The predicted molar refractivity (Wildman–Crippen MR) is 51.4 cm³/mol. The molecule has 0 bridgehead atoms. The number of aromatic nitrogens is 1. The molecule has 0 unspecified atom stereocenters. The summed E-state index contributed by atoms with van der Waals surface area (Å²) in [6, 6.07) is 1.61. The standard InChI is InChI=1S/C9H10BNO3/c1-6(12)7-3-5-11-8-2-4-10(13)14-9(7)8/h3,5,13H,2,4H2,1H3. The predicted octanol–water partition coefficient (Wildman–Crippen LogP) is 0.700. The number of carbonyl (C=O) groups is 1. The molecule has 0 radical (unpaired) electrons. The SMILES string of the molecule is CC(=O)c1ccnc2c1OB(O)CC2. The number of carbonyl (C=O) groups excluding carboxylic acids is 1. The van der Waals surface area contributed by atoms with E-state index in [-0.39, 0.29) is 5.78 Å². The zero-order valence-corrected chi connectivity index (χ0v) is 7.86. The van der Waals surface area contributed by atoms with Gasteiger partial charge in [0.2, 0.25) is 0 Å². The van der Waals surface area contributed by atoms with Crippen LogP contribution in [0.4, 0.5) is 0 Å².